The van der Waals surface area contributed by atoms with E-state index < -0.39 is 12.1 Å². The minimum atomic E-state index is -0.649. The zero-order valence-corrected chi connectivity index (χ0v) is 10.7. The standard InChI is InChI=1S/C11H10Cl2N2O3/c12-7-2-1-6(8(13)3-7)4-14-10(16)9-5-18-11(17)15-9/h1-3,9H,4-5H2,(H,14,16)(H,15,17). The maximum absolute atomic E-state index is 11.7. The van der Waals surface area contributed by atoms with Crippen LogP contribution in [0.15, 0.2) is 18.2 Å². The molecule has 1 saturated heterocycles. The molecule has 2 N–H and O–H groups in total. The first-order valence-corrected chi connectivity index (χ1v) is 5.97. The Hall–Kier alpha value is -1.46. The van der Waals surface area contributed by atoms with Crippen molar-refractivity contribution in [3.05, 3.63) is 33.8 Å². The van der Waals surface area contributed by atoms with Crippen LogP contribution in [0.5, 0.6) is 0 Å². The second-order valence-electron chi connectivity index (χ2n) is 3.75. The highest BCUT2D eigenvalue weighted by Gasteiger charge is 2.28. The predicted octanol–water partition coefficient (Wildman–Crippen LogP) is 1.72. The number of benzene rings is 1. The fourth-order valence-electron chi connectivity index (χ4n) is 1.50. The van der Waals surface area contributed by atoms with E-state index in [1.807, 2.05) is 0 Å². The average molecular weight is 289 g/mol. The van der Waals surface area contributed by atoms with E-state index in [1.54, 1.807) is 18.2 Å². The normalized spacial score (nSPS) is 18.1. The topological polar surface area (TPSA) is 67.4 Å². The quantitative estimate of drug-likeness (QED) is 0.890. The lowest BCUT2D eigenvalue weighted by molar-refractivity contribution is -0.122. The van der Waals surface area contributed by atoms with Gasteiger partial charge in [-0.3, -0.25) is 4.79 Å². The highest BCUT2D eigenvalue weighted by molar-refractivity contribution is 6.35. The first-order chi connectivity index (χ1) is 8.56. The number of nitrogens with one attached hydrogen (secondary N) is 2. The number of carbonyl (C=O) groups excluding carboxylic acids is 2. The lowest BCUT2D eigenvalue weighted by Gasteiger charge is -2.10. The minimum absolute atomic E-state index is 0.0407. The van der Waals surface area contributed by atoms with Crippen LogP contribution in [0.4, 0.5) is 4.79 Å². The van der Waals surface area contributed by atoms with Crippen molar-refractivity contribution in [3.63, 3.8) is 0 Å². The molecule has 7 heteroatoms. The predicted molar refractivity (Wildman–Crippen MR) is 66.6 cm³/mol. The summed E-state index contributed by atoms with van der Waals surface area (Å²) in [5.74, 6) is -0.313. The fourth-order valence-corrected chi connectivity index (χ4v) is 1.97. The molecule has 2 amide bonds. The highest BCUT2D eigenvalue weighted by atomic mass is 35.5. The molecule has 0 aromatic heterocycles. The van der Waals surface area contributed by atoms with Gasteiger partial charge in [-0.25, -0.2) is 4.79 Å². The Bertz CT molecular complexity index is 493. The number of hydrogen-bond acceptors (Lipinski definition) is 3. The number of cyclic esters (lactones) is 1. The summed E-state index contributed by atoms with van der Waals surface area (Å²) in [5, 5.41) is 6.06. The van der Waals surface area contributed by atoms with Gasteiger partial charge < -0.3 is 15.4 Å². The van der Waals surface area contributed by atoms with Gasteiger partial charge in [-0.05, 0) is 17.7 Å². The van der Waals surface area contributed by atoms with Gasteiger partial charge in [0.05, 0.1) is 0 Å². The van der Waals surface area contributed by atoms with Crippen LogP contribution in [-0.2, 0) is 16.1 Å². The van der Waals surface area contributed by atoms with Crippen molar-refractivity contribution < 1.29 is 14.3 Å². The molecule has 0 aliphatic carbocycles. The largest absolute Gasteiger partial charge is 0.447 e. The molecule has 5 nitrogen and oxygen atoms in total. The van der Waals surface area contributed by atoms with Crippen LogP contribution in [-0.4, -0.2) is 24.6 Å². The van der Waals surface area contributed by atoms with Gasteiger partial charge in [0.25, 0.3) is 0 Å². The first-order valence-electron chi connectivity index (χ1n) is 5.21. The van der Waals surface area contributed by atoms with Crippen LogP contribution in [0, 0.1) is 0 Å². The molecule has 0 saturated carbocycles. The van der Waals surface area contributed by atoms with Crippen molar-refractivity contribution in [2.24, 2.45) is 0 Å². The molecule has 1 aromatic carbocycles. The summed E-state index contributed by atoms with van der Waals surface area (Å²) in [6, 6.07) is 4.37. The zero-order chi connectivity index (χ0) is 13.1. The molecule has 1 aromatic rings. The Morgan fingerprint density at radius 1 is 1.50 bits per heavy atom. The van der Waals surface area contributed by atoms with E-state index in [9.17, 15) is 9.59 Å². The van der Waals surface area contributed by atoms with Crippen molar-refractivity contribution in [2.45, 2.75) is 12.6 Å². The monoisotopic (exact) mass is 288 g/mol. The SMILES string of the molecule is O=C1NC(C(=O)NCc2ccc(Cl)cc2Cl)CO1. The number of hydrogen-bond donors (Lipinski definition) is 2. The highest BCUT2D eigenvalue weighted by Crippen LogP contribution is 2.20. The smallest absolute Gasteiger partial charge is 0.407 e. The van der Waals surface area contributed by atoms with Crippen molar-refractivity contribution in [1.82, 2.24) is 10.6 Å². The Morgan fingerprint density at radius 3 is 2.89 bits per heavy atom. The number of ether oxygens (including phenoxy) is 1. The molecular formula is C11H10Cl2N2O3. The van der Waals surface area contributed by atoms with Crippen molar-refractivity contribution in [3.8, 4) is 0 Å². The molecule has 0 bridgehead atoms. The van der Waals surface area contributed by atoms with E-state index in [-0.39, 0.29) is 19.1 Å². The van der Waals surface area contributed by atoms with Crippen molar-refractivity contribution in [2.75, 3.05) is 6.61 Å². The van der Waals surface area contributed by atoms with Crippen LogP contribution in [0.1, 0.15) is 5.56 Å². The maximum Gasteiger partial charge on any atom is 0.407 e. The van der Waals surface area contributed by atoms with Crippen LogP contribution < -0.4 is 10.6 Å². The van der Waals surface area contributed by atoms with Crippen LogP contribution in [0.3, 0.4) is 0 Å². The molecule has 1 unspecified atom stereocenters. The lowest BCUT2D eigenvalue weighted by atomic mass is 10.2. The Morgan fingerprint density at radius 2 is 2.28 bits per heavy atom. The van der Waals surface area contributed by atoms with E-state index in [4.69, 9.17) is 23.2 Å². The van der Waals surface area contributed by atoms with E-state index in [0.29, 0.717) is 10.0 Å². The van der Waals surface area contributed by atoms with Gasteiger partial charge in [-0.2, -0.15) is 0 Å². The number of halogens is 2. The third-order valence-electron chi connectivity index (χ3n) is 2.46. The third kappa shape index (κ3) is 3.05. The first kappa shape index (κ1) is 13.0. The Kier molecular flexibility index (Phi) is 3.93. The van der Waals surface area contributed by atoms with Gasteiger partial charge in [-0.15, -0.1) is 0 Å². The second kappa shape index (κ2) is 5.46. The van der Waals surface area contributed by atoms with Gasteiger partial charge in [0.1, 0.15) is 12.6 Å². The maximum atomic E-state index is 11.7. The third-order valence-corrected chi connectivity index (χ3v) is 3.04. The molecule has 1 atom stereocenters. The van der Waals surface area contributed by atoms with E-state index in [2.05, 4.69) is 15.4 Å². The molecule has 18 heavy (non-hydrogen) atoms. The average Bonchev–Trinajstić information content (AvgIpc) is 2.74. The minimum Gasteiger partial charge on any atom is -0.447 e. The summed E-state index contributed by atoms with van der Waals surface area (Å²) in [4.78, 5) is 22.4. The number of rotatable bonds is 3. The van der Waals surface area contributed by atoms with Gasteiger partial charge in [0, 0.05) is 16.6 Å². The van der Waals surface area contributed by atoms with Gasteiger partial charge in [-0.1, -0.05) is 29.3 Å². The Balaban J connectivity index is 1.91. The molecule has 1 aliphatic heterocycles. The Labute approximate surface area is 113 Å². The molecule has 1 fully saturated rings. The van der Waals surface area contributed by atoms with E-state index >= 15 is 0 Å². The second-order valence-corrected chi connectivity index (χ2v) is 4.59. The van der Waals surface area contributed by atoms with Gasteiger partial charge >= 0.3 is 6.09 Å². The molecule has 1 heterocycles. The summed E-state index contributed by atoms with van der Waals surface area (Å²) in [7, 11) is 0. The van der Waals surface area contributed by atoms with Crippen molar-refractivity contribution >= 4 is 35.2 Å². The number of alkyl carbamates (subject to hydrolysis) is 1. The van der Waals surface area contributed by atoms with Gasteiger partial charge in [0.15, 0.2) is 0 Å². The van der Waals surface area contributed by atoms with Crippen molar-refractivity contribution in [1.29, 1.82) is 0 Å². The fraction of sp³-hybridized carbons (Fsp3) is 0.273. The molecule has 2 rings (SSSR count). The summed E-state index contributed by atoms with van der Waals surface area (Å²) >= 11 is 11.7. The molecule has 0 radical (unpaired) electrons. The van der Waals surface area contributed by atoms with E-state index in [0.717, 1.165) is 5.56 Å². The number of carbonyl (C=O) groups is 2. The number of amides is 2. The van der Waals surface area contributed by atoms with Crippen LogP contribution in [0.25, 0.3) is 0 Å². The molecular weight excluding hydrogens is 279 g/mol. The molecule has 96 valence electrons. The summed E-state index contributed by atoms with van der Waals surface area (Å²) in [5.41, 5.74) is 0.750. The lowest BCUT2D eigenvalue weighted by Crippen LogP contribution is -2.42. The molecule has 1 aliphatic rings. The summed E-state index contributed by atoms with van der Waals surface area (Å²) in [6.07, 6.45) is -0.584. The summed E-state index contributed by atoms with van der Waals surface area (Å²) < 4.78 is 4.62. The van der Waals surface area contributed by atoms with Crippen LogP contribution in [0.2, 0.25) is 10.0 Å². The zero-order valence-electron chi connectivity index (χ0n) is 9.20. The molecule has 0 spiro atoms. The van der Waals surface area contributed by atoms with E-state index in [1.165, 1.54) is 0 Å². The van der Waals surface area contributed by atoms with Gasteiger partial charge in [0.2, 0.25) is 5.91 Å². The van der Waals surface area contributed by atoms with Crippen LogP contribution >= 0.6 is 23.2 Å². The summed E-state index contributed by atoms with van der Waals surface area (Å²) in [6.45, 7) is 0.306.